The summed E-state index contributed by atoms with van der Waals surface area (Å²) in [5.74, 6) is 1.51. The topological polar surface area (TPSA) is 165 Å². The van der Waals surface area contributed by atoms with Crippen LogP contribution in [0.4, 0.5) is 11.9 Å². The van der Waals surface area contributed by atoms with Crippen molar-refractivity contribution in [2.45, 2.75) is 19.5 Å². The number of rotatable bonds is 8. The quantitative estimate of drug-likeness (QED) is 0.408. The van der Waals surface area contributed by atoms with Crippen LogP contribution in [0.25, 0.3) is 0 Å². The molecular formula is C11H15N11O2. The molecule has 0 aliphatic heterocycles. The summed E-state index contributed by atoms with van der Waals surface area (Å²) in [5, 5.41) is 44.5. The van der Waals surface area contributed by atoms with Gasteiger partial charge in [0.2, 0.25) is 5.95 Å². The Bertz CT molecular complexity index is 703. The van der Waals surface area contributed by atoms with Gasteiger partial charge in [0.05, 0.1) is 32.7 Å². The lowest BCUT2D eigenvalue weighted by Crippen LogP contribution is -2.13. The summed E-state index contributed by atoms with van der Waals surface area (Å²) in [5.41, 5.74) is 0. The molecule has 13 nitrogen and oxygen atoms in total. The van der Waals surface area contributed by atoms with Crippen LogP contribution in [0, 0.1) is 0 Å². The first-order valence-electron chi connectivity index (χ1n) is 7.09. The molecule has 0 saturated heterocycles. The van der Waals surface area contributed by atoms with E-state index in [2.05, 4.69) is 45.9 Å². The van der Waals surface area contributed by atoms with E-state index in [0.717, 1.165) is 0 Å². The predicted octanol–water partition coefficient (Wildman–Crippen LogP) is -2.23. The summed E-state index contributed by atoms with van der Waals surface area (Å²) >= 11 is 0. The van der Waals surface area contributed by atoms with Gasteiger partial charge < -0.3 is 10.2 Å². The molecule has 0 radical (unpaired) electrons. The van der Waals surface area contributed by atoms with Crippen molar-refractivity contribution in [2.24, 2.45) is 0 Å². The molecule has 0 bridgehead atoms. The Morgan fingerprint density at radius 1 is 0.875 bits per heavy atom. The van der Waals surface area contributed by atoms with E-state index in [4.69, 9.17) is 10.2 Å². The molecule has 24 heavy (non-hydrogen) atoms. The summed E-state index contributed by atoms with van der Waals surface area (Å²) in [6.45, 7) is 0.534. The normalized spacial score (nSPS) is 10.9. The van der Waals surface area contributed by atoms with E-state index in [-0.39, 0.29) is 19.2 Å². The van der Waals surface area contributed by atoms with Gasteiger partial charge in [-0.15, -0.1) is 20.4 Å². The minimum absolute atomic E-state index is 0.0366. The van der Waals surface area contributed by atoms with E-state index >= 15 is 0 Å². The first kappa shape index (κ1) is 15.8. The van der Waals surface area contributed by atoms with Gasteiger partial charge in [-0.25, -0.2) is 14.3 Å². The van der Waals surface area contributed by atoms with Gasteiger partial charge in [-0.05, 0) is 0 Å². The third kappa shape index (κ3) is 3.64. The first-order chi connectivity index (χ1) is 11.8. The van der Waals surface area contributed by atoms with Crippen molar-refractivity contribution >= 4 is 11.9 Å². The summed E-state index contributed by atoms with van der Waals surface area (Å²) in [6.07, 6.45) is 3.04. The molecule has 0 aliphatic carbocycles. The lowest BCUT2D eigenvalue weighted by Gasteiger charge is -2.05. The fraction of sp³-hybridized carbons (Fsp3) is 0.455. The smallest absolute Gasteiger partial charge is 0.268 e. The van der Waals surface area contributed by atoms with Crippen molar-refractivity contribution in [3.8, 4) is 0 Å². The zero-order chi connectivity index (χ0) is 16.8. The number of anilines is 2. The average molecular weight is 333 g/mol. The highest BCUT2D eigenvalue weighted by molar-refractivity contribution is 5.40. The molecule has 3 aromatic heterocycles. The second kappa shape index (κ2) is 7.47. The van der Waals surface area contributed by atoms with E-state index in [1.54, 1.807) is 4.68 Å². The summed E-state index contributed by atoms with van der Waals surface area (Å²) < 4.78 is 3.03. The van der Waals surface area contributed by atoms with Gasteiger partial charge in [0.25, 0.3) is 5.95 Å². The number of aliphatic hydroxyl groups excluding tert-OH is 2. The third-order valence-corrected chi connectivity index (χ3v) is 3.00. The molecule has 3 heterocycles. The third-order valence-electron chi connectivity index (χ3n) is 3.00. The number of nitrogens with one attached hydrogen (secondary N) is 1. The molecule has 0 saturated carbocycles. The van der Waals surface area contributed by atoms with Crippen LogP contribution in [0.3, 0.4) is 0 Å². The molecule has 0 spiro atoms. The fourth-order valence-electron chi connectivity index (χ4n) is 1.94. The molecule has 13 heteroatoms. The van der Waals surface area contributed by atoms with E-state index in [1.807, 2.05) is 0 Å². The monoisotopic (exact) mass is 333 g/mol. The SMILES string of the molecule is OCCn1ncnc1Cc1nnc(Nc2ncnn2CCO)nn1. The van der Waals surface area contributed by atoms with Gasteiger partial charge in [-0.2, -0.15) is 15.2 Å². The second-order valence-electron chi connectivity index (χ2n) is 4.60. The fourth-order valence-corrected chi connectivity index (χ4v) is 1.94. The standard InChI is InChI=1S/C11H15N11O2/c23-3-1-21-9(12-6-14-21)5-8-17-19-10(20-18-8)16-11-13-7-15-22(11)2-4-24/h6-7,23-24H,1-5H2,(H,13,15,16,19,20). The Morgan fingerprint density at radius 2 is 1.54 bits per heavy atom. The minimum Gasteiger partial charge on any atom is -0.394 e. The number of hydrogen-bond acceptors (Lipinski definition) is 11. The molecule has 0 aromatic carbocycles. The zero-order valence-corrected chi connectivity index (χ0v) is 12.6. The van der Waals surface area contributed by atoms with Gasteiger partial charge in [-0.1, -0.05) is 0 Å². The molecule has 0 fully saturated rings. The Labute approximate surface area is 135 Å². The number of aliphatic hydroxyl groups is 2. The maximum Gasteiger partial charge on any atom is 0.268 e. The van der Waals surface area contributed by atoms with Crippen LogP contribution < -0.4 is 5.32 Å². The summed E-state index contributed by atoms with van der Waals surface area (Å²) in [7, 11) is 0. The molecule has 0 atom stereocenters. The maximum absolute atomic E-state index is 8.97. The highest BCUT2D eigenvalue weighted by atomic mass is 16.3. The lowest BCUT2D eigenvalue weighted by molar-refractivity contribution is 0.267. The Kier molecular flexibility index (Phi) is 4.93. The summed E-state index contributed by atoms with van der Waals surface area (Å²) in [6, 6.07) is 0. The molecule has 3 rings (SSSR count). The molecule has 126 valence electrons. The molecular weight excluding hydrogens is 318 g/mol. The van der Waals surface area contributed by atoms with Crippen LogP contribution in [0.2, 0.25) is 0 Å². The van der Waals surface area contributed by atoms with Crippen LogP contribution in [-0.4, -0.2) is 73.4 Å². The maximum atomic E-state index is 8.97. The minimum atomic E-state index is -0.0666. The Morgan fingerprint density at radius 3 is 2.29 bits per heavy atom. The van der Waals surface area contributed by atoms with Crippen LogP contribution in [0.15, 0.2) is 12.7 Å². The second-order valence-corrected chi connectivity index (χ2v) is 4.60. The highest BCUT2D eigenvalue weighted by Gasteiger charge is 2.10. The highest BCUT2D eigenvalue weighted by Crippen LogP contribution is 2.07. The Hall–Kier alpha value is -3.06. The molecule has 3 N–H and O–H groups in total. The van der Waals surface area contributed by atoms with Crippen LogP contribution in [0.5, 0.6) is 0 Å². The van der Waals surface area contributed by atoms with Crippen molar-refractivity contribution in [3.05, 3.63) is 24.3 Å². The van der Waals surface area contributed by atoms with E-state index < -0.39 is 0 Å². The number of aromatic nitrogens is 10. The molecule has 3 aromatic rings. The lowest BCUT2D eigenvalue weighted by atomic mass is 10.4. The van der Waals surface area contributed by atoms with Crippen molar-refractivity contribution < 1.29 is 10.2 Å². The molecule has 0 aliphatic rings. The Balaban J connectivity index is 1.67. The van der Waals surface area contributed by atoms with Crippen LogP contribution in [-0.2, 0) is 19.5 Å². The molecule has 0 amide bonds. The number of nitrogens with zero attached hydrogens (tertiary/aromatic N) is 10. The van der Waals surface area contributed by atoms with E-state index in [9.17, 15) is 0 Å². The van der Waals surface area contributed by atoms with Gasteiger partial charge in [-0.3, -0.25) is 5.32 Å². The van der Waals surface area contributed by atoms with E-state index in [1.165, 1.54) is 17.3 Å². The molecule has 0 unspecified atom stereocenters. The largest absolute Gasteiger partial charge is 0.394 e. The van der Waals surface area contributed by atoms with E-state index in [0.29, 0.717) is 37.1 Å². The van der Waals surface area contributed by atoms with Crippen molar-refractivity contribution in [3.63, 3.8) is 0 Å². The zero-order valence-electron chi connectivity index (χ0n) is 12.6. The van der Waals surface area contributed by atoms with Crippen LogP contribution in [0.1, 0.15) is 11.6 Å². The van der Waals surface area contributed by atoms with Gasteiger partial charge in [0.1, 0.15) is 18.5 Å². The van der Waals surface area contributed by atoms with Crippen molar-refractivity contribution in [1.29, 1.82) is 0 Å². The van der Waals surface area contributed by atoms with Gasteiger partial charge in [0.15, 0.2) is 5.82 Å². The van der Waals surface area contributed by atoms with Gasteiger partial charge >= 0.3 is 0 Å². The van der Waals surface area contributed by atoms with Gasteiger partial charge in [0, 0.05) is 0 Å². The van der Waals surface area contributed by atoms with Crippen LogP contribution >= 0.6 is 0 Å². The number of hydrogen-bond donors (Lipinski definition) is 3. The first-order valence-corrected chi connectivity index (χ1v) is 7.09. The predicted molar refractivity (Wildman–Crippen MR) is 77.9 cm³/mol. The van der Waals surface area contributed by atoms with Crippen molar-refractivity contribution in [1.82, 2.24) is 49.9 Å². The summed E-state index contributed by atoms with van der Waals surface area (Å²) in [4.78, 5) is 8.08. The average Bonchev–Trinajstić information content (AvgIpc) is 3.20. The van der Waals surface area contributed by atoms with Crippen molar-refractivity contribution in [2.75, 3.05) is 18.5 Å².